The summed E-state index contributed by atoms with van der Waals surface area (Å²) in [5.41, 5.74) is 3.91. The molecule has 5 heterocycles. The van der Waals surface area contributed by atoms with Crippen LogP contribution in [0.4, 0.5) is 17.3 Å². The summed E-state index contributed by atoms with van der Waals surface area (Å²) < 4.78 is 11.5. The van der Waals surface area contributed by atoms with E-state index in [9.17, 15) is 4.79 Å². The molecule has 1 amide bonds. The Bertz CT molecular complexity index is 1530. The standard InChI is InChI=1S/C27H30N8O3/c1-15-9-18(15)26(36)31-23-11-19-20(12-29-25(28-2)24(19)33-32-23)27-30-21-10-16(3-4-22(21)38-27)34-5-7-35(8-6-34)17-13-37-14-17/h3-4,10-12,15,17-18H,5-9,13-14H2,1-2H3,(H,28,29)(H,31,32,36)/t15-,18+/m1/s1. The van der Waals surface area contributed by atoms with Gasteiger partial charge in [-0.15, -0.1) is 10.2 Å². The van der Waals surface area contributed by atoms with Crippen molar-refractivity contribution < 1.29 is 13.9 Å². The van der Waals surface area contributed by atoms with Gasteiger partial charge in [0.25, 0.3) is 0 Å². The average molecular weight is 515 g/mol. The fraction of sp³-hybridized carbons (Fsp3) is 0.444. The van der Waals surface area contributed by atoms with E-state index in [1.54, 1.807) is 13.2 Å². The highest BCUT2D eigenvalue weighted by atomic mass is 16.5. The van der Waals surface area contributed by atoms with E-state index in [0.717, 1.165) is 62.4 Å². The van der Waals surface area contributed by atoms with Gasteiger partial charge in [-0.2, -0.15) is 0 Å². The van der Waals surface area contributed by atoms with Crippen LogP contribution in [-0.2, 0) is 9.53 Å². The van der Waals surface area contributed by atoms with Gasteiger partial charge in [0.05, 0.1) is 24.8 Å². The monoisotopic (exact) mass is 514 g/mol. The fourth-order valence-electron chi connectivity index (χ4n) is 5.36. The summed E-state index contributed by atoms with van der Waals surface area (Å²) in [4.78, 5) is 26.8. The van der Waals surface area contributed by atoms with Gasteiger partial charge in [0.1, 0.15) is 11.0 Å². The zero-order chi connectivity index (χ0) is 25.8. The van der Waals surface area contributed by atoms with Crippen molar-refractivity contribution in [3.8, 4) is 11.5 Å². The molecule has 3 aliphatic rings. The van der Waals surface area contributed by atoms with Gasteiger partial charge in [-0.25, -0.2) is 9.97 Å². The van der Waals surface area contributed by atoms with Crippen molar-refractivity contribution in [2.45, 2.75) is 19.4 Å². The molecule has 4 aromatic rings. The number of rotatable bonds is 6. The lowest BCUT2D eigenvalue weighted by Gasteiger charge is -2.43. The van der Waals surface area contributed by atoms with Crippen molar-refractivity contribution in [3.63, 3.8) is 0 Å². The van der Waals surface area contributed by atoms with Gasteiger partial charge >= 0.3 is 0 Å². The van der Waals surface area contributed by atoms with E-state index in [4.69, 9.17) is 14.1 Å². The normalized spacial score (nSPS) is 22.0. The van der Waals surface area contributed by atoms with Crippen LogP contribution in [0.1, 0.15) is 13.3 Å². The lowest BCUT2D eigenvalue weighted by molar-refractivity contribution is -0.117. The zero-order valence-electron chi connectivity index (χ0n) is 21.5. The highest BCUT2D eigenvalue weighted by Gasteiger charge is 2.39. The third kappa shape index (κ3) is 4.11. The Hall–Kier alpha value is -3.83. The SMILES string of the molecule is CNc1ncc(-c2nc3cc(N4CCN(C5COC5)CC4)ccc3o2)c2cc(NC(=O)[C@H]3C[C@H]3C)nnc12. The summed E-state index contributed by atoms with van der Waals surface area (Å²) in [6, 6.07) is 8.55. The quantitative estimate of drug-likeness (QED) is 0.397. The molecular weight excluding hydrogens is 484 g/mol. The van der Waals surface area contributed by atoms with E-state index in [0.29, 0.717) is 46.1 Å². The van der Waals surface area contributed by atoms with Crippen LogP contribution in [0.3, 0.4) is 0 Å². The maximum absolute atomic E-state index is 12.5. The Morgan fingerprint density at radius 2 is 1.92 bits per heavy atom. The molecule has 3 fully saturated rings. The number of oxazole rings is 1. The molecule has 2 saturated heterocycles. The molecule has 2 atom stereocenters. The second-order valence-corrected chi connectivity index (χ2v) is 10.5. The van der Waals surface area contributed by atoms with Crippen LogP contribution >= 0.6 is 0 Å². The third-order valence-electron chi connectivity index (χ3n) is 7.98. The van der Waals surface area contributed by atoms with Gasteiger partial charge in [0.15, 0.2) is 17.2 Å². The summed E-state index contributed by atoms with van der Waals surface area (Å²) in [5.74, 6) is 1.88. The smallest absolute Gasteiger partial charge is 0.229 e. The number of aromatic nitrogens is 4. The molecule has 11 heteroatoms. The van der Waals surface area contributed by atoms with Crippen molar-refractivity contribution in [2.75, 3.05) is 62.0 Å². The predicted octanol–water partition coefficient (Wildman–Crippen LogP) is 2.99. The molecule has 0 radical (unpaired) electrons. The number of nitrogens with zero attached hydrogens (tertiary/aromatic N) is 6. The highest BCUT2D eigenvalue weighted by Crippen LogP contribution is 2.39. The van der Waals surface area contributed by atoms with E-state index in [1.165, 1.54) is 0 Å². The lowest BCUT2D eigenvalue weighted by atomic mass is 10.1. The Balaban J connectivity index is 1.19. The third-order valence-corrected chi connectivity index (χ3v) is 7.98. The molecule has 0 spiro atoms. The highest BCUT2D eigenvalue weighted by molar-refractivity contribution is 6.01. The summed E-state index contributed by atoms with van der Waals surface area (Å²) in [6.07, 6.45) is 2.63. The van der Waals surface area contributed by atoms with Crippen LogP contribution in [0.15, 0.2) is 34.9 Å². The number of fused-ring (bicyclic) bond motifs is 2. The fourth-order valence-corrected chi connectivity index (χ4v) is 5.36. The molecule has 0 bridgehead atoms. The number of ether oxygens (including phenoxy) is 1. The minimum atomic E-state index is -0.0214. The maximum Gasteiger partial charge on any atom is 0.229 e. The number of anilines is 3. The van der Waals surface area contributed by atoms with Crippen molar-refractivity contribution >= 4 is 45.2 Å². The molecule has 1 saturated carbocycles. The summed E-state index contributed by atoms with van der Waals surface area (Å²) >= 11 is 0. The van der Waals surface area contributed by atoms with E-state index in [1.807, 2.05) is 12.1 Å². The number of hydrogen-bond acceptors (Lipinski definition) is 10. The Kier molecular flexibility index (Phi) is 5.62. The van der Waals surface area contributed by atoms with Crippen molar-refractivity contribution in [2.24, 2.45) is 11.8 Å². The van der Waals surface area contributed by atoms with Crippen LogP contribution in [-0.4, -0.2) is 83.5 Å². The molecule has 3 aromatic heterocycles. The molecular formula is C27H30N8O3. The van der Waals surface area contributed by atoms with Gasteiger partial charge in [-0.05, 0) is 36.6 Å². The van der Waals surface area contributed by atoms with Crippen molar-refractivity contribution in [1.82, 2.24) is 25.1 Å². The number of pyridine rings is 1. The minimum Gasteiger partial charge on any atom is -0.436 e. The molecule has 7 rings (SSSR count). The van der Waals surface area contributed by atoms with Crippen LogP contribution in [0.5, 0.6) is 0 Å². The number of carbonyl (C=O) groups is 1. The predicted molar refractivity (Wildman–Crippen MR) is 144 cm³/mol. The Morgan fingerprint density at radius 1 is 1.11 bits per heavy atom. The number of carbonyl (C=O) groups excluding carboxylic acids is 1. The Labute approximate surface area is 219 Å². The maximum atomic E-state index is 12.5. The van der Waals surface area contributed by atoms with E-state index < -0.39 is 0 Å². The second-order valence-electron chi connectivity index (χ2n) is 10.5. The first-order valence-electron chi connectivity index (χ1n) is 13.2. The van der Waals surface area contributed by atoms with Crippen molar-refractivity contribution in [1.29, 1.82) is 0 Å². The molecule has 11 nitrogen and oxygen atoms in total. The van der Waals surface area contributed by atoms with Gasteiger partial charge in [-0.3, -0.25) is 9.69 Å². The molecule has 1 aliphatic carbocycles. The number of amides is 1. The molecule has 2 N–H and O–H groups in total. The summed E-state index contributed by atoms with van der Waals surface area (Å²) in [5, 5.41) is 15.3. The van der Waals surface area contributed by atoms with E-state index >= 15 is 0 Å². The summed E-state index contributed by atoms with van der Waals surface area (Å²) in [6.45, 7) is 7.79. The lowest BCUT2D eigenvalue weighted by Crippen LogP contribution is -2.56. The average Bonchev–Trinajstić information content (AvgIpc) is 3.49. The van der Waals surface area contributed by atoms with E-state index in [2.05, 4.69) is 54.7 Å². The molecule has 2 aliphatic heterocycles. The number of piperazine rings is 1. The van der Waals surface area contributed by atoms with Gasteiger partial charge < -0.3 is 24.7 Å². The summed E-state index contributed by atoms with van der Waals surface area (Å²) in [7, 11) is 1.79. The van der Waals surface area contributed by atoms with Crippen LogP contribution in [0, 0.1) is 11.8 Å². The second kappa shape index (κ2) is 9.17. The topological polar surface area (TPSA) is 122 Å². The molecule has 0 unspecified atom stereocenters. The van der Waals surface area contributed by atoms with Gasteiger partial charge in [0.2, 0.25) is 11.8 Å². The molecule has 1 aromatic carbocycles. The van der Waals surface area contributed by atoms with E-state index in [-0.39, 0.29) is 11.8 Å². The first-order chi connectivity index (χ1) is 18.6. The van der Waals surface area contributed by atoms with Gasteiger partial charge in [0, 0.05) is 56.4 Å². The van der Waals surface area contributed by atoms with Crippen LogP contribution in [0.25, 0.3) is 33.5 Å². The van der Waals surface area contributed by atoms with Crippen LogP contribution < -0.4 is 15.5 Å². The van der Waals surface area contributed by atoms with Crippen molar-refractivity contribution in [3.05, 3.63) is 30.5 Å². The number of nitrogens with one attached hydrogen (secondary N) is 2. The zero-order valence-corrected chi connectivity index (χ0v) is 21.5. The van der Waals surface area contributed by atoms with Gasteiger partial charge in [-0.1, -0.05) is 6.92 Å². The molecule has 38 heavy (non-hydrogen) atoms. The first-order valence-corrected chi connectivity index (χ1v) is 13.2. The molecule has 196 valence electrons. The minimum absolute atomic E-state index is 0.0214. The van der Waals surface area contributed by atoms with Crippen LogP contribution in [0.2, 0.25) is 0 Å². The Morgan fingerprint density at radius 3 is 2.63 bits per heavy atom. The largest absolute Gasteiger partial charge is 0.436 e. The first kappa shape index (κ1) is 23.3. The number of hydrogen-bond donors (Lipinski definition) is 2. The number of benzene rings is 1.